The molecule has 0 unspecified atom stereocenters. The predicted octanol–water partition coefficient (Wildman–Crippen LogP) is 0.619. The zero-order valence-electron chi connectivity index (χ0n) is 11.2. The average Bonchev–Trinajstić information content (AvgIpc) is 2.46. The summed E-state index contributed by atoms with van der Waals surface area (Å²) in [6.07, 6.45) is 0.640. The summed E-state index contributed by atoms with van der Waals surface area (Å²) in [5.74, 6) is -0.512. The number of piperidine rings is 1. The lowest BCUT2D eigenvalue weighted by molar-refractivity contribution is 0.0600. The van der Waals surface area contributed by atoms with Gasteiger partial charge in [0.25, 0.3) is 0 Å². The molecule has 0 amide bonds. The average molecular weight is 299 g/mol. The summed E-state index contributed by atoms with van der Waals surface area (Å²) in [5, 5.41) is 9.57. The maximum atomic E-state index is 12.4. The number of nitrogens with zero attached hydrogens (tertiary/aromatic N) is 1. The molecule has 0 aromatic heterocycles. The van der Waals surface area contributed by atoms with Crippen LogP contribution in [0.15, 0.2) is 29.2 Å². The summed E-state index contributed by atoms with van der Waals surface area (Å²) < 4.78 is 30.6. The molecule has 1 aromatic rings. The topological polar surface area (TPSA) is 83.9 Å². The smallest absolute Gasteiger partial charge is 0.337 e. The van der Waals surface area contributed by atoms with Gasteiger partial charge in [0.2, 0.25) is 10.0 Å². The summed E-state index contributed by atoms with van der Waals surface area (Å²) in [4.78, 5) is 11.4. The van der Waals surface area contributed by atoms with E-state index in [4.69, 9.17) is 0 Å². The number of sulfonamides is 1. The van der Waals surface area contributed by atoms with Gasteiger partial charge in [-0.25, -0.2) is 13.2 Å². The van der Waals surface area contributed by atoms with Gasteiger partial charge in [0.1, 0.15) is 0 Å². The summed E-state index contributed by atoms with van der Waals surface area (Å²) in [7, 11) is -2.36. The third kappa shape index (κ3) is 3.00. The first-order chi connectivity index (χ1) is 9.45. The van der Waals surface area contributed by atoms with Gasteiger partial charge in [-0.15, -0.1) is 0 Å². The maximum absolute atomic E-state index is 12.4. The van der Waals surface area contributed by atoms with E-state index in [-0.39, 0.29) is 11.4 Å². The normalized spacial score (nSPS) is 20.6. The van der Waals surface area contributed by atoms with Crippen molar-refractivity contribution < 1.29 is 23.1 Å². The van der Waals surface area contributed by atoms with E-state index in [1.807, 2.05) is 0 Å². The van der Waals surface area contributed by atoms with Crippen molar-refractivity contribution in [3.8, 4) is 0 Å². The Kier molecular flexibility index (Phi) is 4.42. The standard InChI is InChI=1S/C13H17NO5S/c1-19-13(16)10-4-6-12(7-5-10)20(17,18)14-8-2-3-11(15)9-14/h4-7,11,15H,2-3,8-9H2,1H3/t11-/m0/s1. The third-order valence-electron chi connectivity index (χ3n) is 3.27. The molecule has 1 saturated heterocycles. The van der Waals surface area contributed by atoms with Gasteiger partial charge < -0.3 is 9.84 Å². The Morgan fingerprint density at radius 2 is 2.00 bits per heavy atom. The highest BCUT2D eigenvalue weighted by Crippen LogP contribution is 2.21. The maximum Gasteiger partial charge on any atom is 0.337 e. The molecule has 7 heteroatoms. The molecular weight excluding hydrogens is 282 g/mol. The van der Waals surface area contributed by atoms with Crippen LogP contribution in [0.1, 0.15) is 23.2 Å². The van der Waals surface area contributed by atoms with Crippen molar-refractivity contribution in [3.63, 3.8) is 0 Å². The van der Waals surface area contributed by atoms with Crippen molar-refractivity contribution in [2.24, 2.45) is 0 Å². The Hall–Kier alpha value is -1.44. The largest absolute Gasteiger partial charge is 0.465 e. The van der Waals surface area contributed by atoms with Crippen LogP contribution in [0.25, 0.3) is 0 Å². The zero-order valence-corrected chi connectivity index (χ0v) is 12.0. The lowest BCUT2D eigenvalue weighted by Crippen LogP contribution is -2.42. The van der Waals surface area contributed by atoms with Gasteiger partial charge in [0.15, 0.2) is 0 Å². The number of aliphatic hydroxyl groups excluding tert-OH is 1. The number of methoxy groups -OCH3 is 1. The molecule has 1 aromatic carbocycles. The number of benzene rings is 1. The number of carbonyl (C=O) groups is 1. The van der Waals surface area contributed by atoms with Crippen molar-refractivity contribution in [2.75, 3.05) is 20.2 Å². The molecule has 0 spiro atoms. The summed E-state index contributed by atoms with van der Waals surface area (Å²) in [6, 6.07) is 5.59. The monoisotopic (exact) mass is 299 g/mol. The van der Waals surface area contributed by atoms with Gasteiger partial charge in [0.05, 0.1) is 23.7 Å². The van der Waals surface area contributed by atoms with Crippen LogP contribution in [0.2, 0.25) is 0 Å². The molecule has 6 nitrogen and oxygen atoms in total. The minimum Gasteiger partial charge on any atom is -0.465 e. The van der Waals surface area contributed by atoms with Crippen molar-refractivity contribution >= 4 is 16.0 Å². The lowest BCUT2D eigenvalue weighted by Gasteiger charge is -2.29. The first-order valence-electron chi connectivity index (χ1n) is 6.32. The van der Waals surface area contributed by atoms with Gasteiger partial charge in [0, 0.05) is 13.1 Å². The van der Waals surface area contributed by atoms with Gasteiger partial charge >= 0.3 is 5.97 Å². The van der Waals surface area contributed by atoms with Gasteiger partial charge in [-0.05, 0) is 37.1 Å². The second-order valence-corrected chi connectivity index (χ2v) is 6.61. The van der Waals surface area contributed by atoms with Crippen LogP contribution in [0.4, 0.5) is 0 Å². The molecule has 2 rings (SSSR count). The third-order valence-corrected chi connectivity index (χ3v) is 5.15. The fourth-order valence-electron chi connectivity index (χ4n) is 2.17. The van der Waals surface area contributed by atoms with E-state index in [0.717, 1.165) is 0 Å². The highest BCUT2D eigenvalue weighted by Gasteiger charge is 2.29. The van der Waals surface area contributed by atoms with E-state index in [1.165, 1.54) is 35.7 Å². The van der Waals surface area contributed by atoms with Crippen molar-refractivity contribution in [2.45, 2.75) is 23.8 Å². The minimum absolute atomic E-state index is 0.110. The first-order valence-corrected chi connectivity index (χ1v) is 7.76. The molecule has 0 radical (unpaired) electrons. The molecule has 1 fully saturated rings. The molecule has 110 valence electrons. The number of hydrogen-bond acceptors (Lipinski definition) is 5. The molecule has 1 aliphatic heterocycles. The SMILES string of the molecule is COC(=O)c1ccc(S(=O)(=O)N2CCC[C@H](O)C2)cc1. The highest BCUT2D eigenvalue weighted by atomic mass is 32.2. The van der Waals surface area contributed by atoms with Crippen LogP contribution in [-0.2, 0) is 14.8 Å². The quantitative estimate of drug-likeness (QED) is 0.827. The predicted molar refractivity (Wildman–Crippen MR) is 71.8 cm³/mol. The Morgan fingerprint density at radius 3 is 2.55 bits per heavy atom. The van der Waals surface area contributed by atoms with Crippen molar-refractivity contribution in [1.29, 1.82) is 0 Å². The van der Waals surface area contributed by atoms with Gasteiger partial charge in [-0.1, -0.05) is 0 Å². The van der Waals surface area contributed by atoms with E-state index in [2.05, 4.69) is 4.74 Å². The molecule has 1 atom stereocenters. The number of β-amino-alcohol motifs (C(OH)–C–C–N with tert-alkyl or cyclic N) is 1. The van der Waals surface area contributed by atoms with E-state index in [9.17, 15) is 18.3 Å². The van der Waals surface area contributed by atoms with E-state index < -0.39 is 22.1 Å². The van der Waals surface area contributed by atoms with E-state index in [1.54, 1.807) is 0 Å². The number of hydrogen-bond donors (Lipinski definition) is 1. The summed E-state index contributed by atoms with van der Waals surface area (Å²) in [6.45, 7) is 0.513. The first kappa shape index (κ1) is 15.0. The van der Waals surface area contributed by atoms with Crippen LogP contribution in [-0.4, -0.2) is 50.1 Å². The van der Waals surface area contributed by atoms with Crippen molar-refractivity contribution in [3.05, 3.63) is 29.8 Å². The second-order valence-electron chi connectivity index (χ2n) is 4.68. The zero-order chi connectivity index (χ0) is 14.8. The van der Waals surface area contributed by atoms with Crippen molar-refractivity contribution in [1.82, 2.24) is 4.31 Å². The number of rotatable bonds is 3. The minimum atomic E-state index is -3.62. The second kappa shape index (κ2) is 5.90. The molecular formula is C13H17NO5S. The van der Waals surface area contributed by atoms with Crippen LogP contribution in [0.3, 0.4) is 0 Å². The molecule has 1 aliphatic rings. The highest BCUT2D eigenvalue weighted by molar-refractivity contribution is 7.89. The Morgan fingerprint density at radius 1 is 1.35 bits per heavy atom. The van der Waals surface area contributed by atoms with Gasteiger partial charge in [-0.2, -0.15) is 4.31 Å². The molecule has 0 bridgehead atoms. The van der Waals surface area contributed by atoms with Crippen LogP contribution >= 0.6 is 0 Å². The summed E-state index contributed by atoms with van der Waals surface area (Å²) in [5.41, 5.74) is 0.296. The number of carbonyl (C=O) groups excluding carboxylic acids is 1. The van der Waals surface area contributed by atoms with Crippen LogP contribution < -0.4 is 0 Å². The van der Waals surface area contributed by atoms with Crippen LogP contribution in [0.5, 0.6) is 0 Å². The molecule has 0 aliphatic carbocycles. The summed E-state index contributed by atoms with van der Waals surface area (Å²) >= 11 is 0. The lowest BCUT2D eigenvalue weighted by atomic mass is 10.1. The van der Waals surface area contributed by atoms with Crippen LogP contribution in [0, 0.1) is 0 Å². The number of ether oxygens (including phenoxy) is 1. The molecule has 1 heterocycles. The van der Waals surface area contributed by atoms with E-state index in [0.29, 0.717) is 24.9 Å². The Bertz CT molecular complexity index is 581. The number of aliphatic hydroxyl groups is 1. The Balaban J connectivity index is 2.23. The molecule has 0 saturated carbocycles. The molecule has 20 heavy (non-hydrogen) atoms. The van der Waals surface area contributed by atoms with Gasteiger partial charge in [-0.3, -0.25) is 0 Å². The molecule has 1 N–H and O–H groups in total. The number of esters is 1. The van der Waals surface area contributed by atoms with E-state index >= 15 is 0 Å². The Labute approximate surface area is 118 Å². The fourth-order valence-corrected chi connectivity index (χ4v) is 3.69. The fraction of sp³-hybridized carbons (Fsp3) is 0.462.